The van der Waals surface area contributed by atoms with E-state index in [4.69, 9.17) is 4.74 Å². The number of aromatic nitrogens is 1. The van der Waals surface area contributed by atoms with Crippen LogP contribution >= 0.6 is 22.7 Å². The average Bonchev–Trinajstić information content (AvgIpc) is 3.18. The molecule has 0 saturated carbocycles. The Morgan fingerprint density at radius 2 is 2.35 bits per heavy atom. The first-order valence-corrected chi connectivity index (χ1v) is 8.87. The highest BCUT2D eigenvalue weighted by Gasteiger charge is 2.18. The number of aryl methyl sites for hydroxylation is 1. The fraction of sp³-hybridized carbons (Fsp3) is 0.400. The molecule has 0 atom stereocenters. The van der Waals surface area contributed by atoms with Crippen molar-refractivity contribution in [3.8, 4) is 0 Å². The zero-order valence-corrected chi connectivity index (χ0v) is 14.2. The first-order chi connectivity index (χ1) is 11.2. The van der Waals surface area contributed by atoms with Crippen LogP contribution in [-0.4, -0.2) is 30.6 Å². The number of ether oxygens (including phenoxy) is 2. The summed E-state index contributed by atoms with van der Waals surface area (Å²) in [6.45, 7) is 1.29. The van der Waals surface area contributed by atoms with E-state index in [0.717, 1.165) is 17.7 Å². The molecule has 0 bridgehead atoms. The quantitative estimate of drug-likeness (QED) is 0.837. The second kappa shape index (κ2) is 7.20. The summed E-state index contributed by atoms with van der Waals surface area (Å²) in [5, 5.41) is 5.19. The second-order valence-electron chi connectivity index (χ2n) is 5.04. The number of thiazole rings is 1. The monoisotopic (exact) mass is 352 g/mol. The van der Waals surface area contributed by atoms with Crippen molar-refractivity contribution in [2.45, 2.75) is 25.9 Å². The first kappa shape index (κ1) is 16.1. The summed E-state index contributed by atoms with van der Waals surface area (Å²) in [5.41, 5.74) is 1.87. The molecule has 8 heteroatoms. The molecule has 1 amide bonds. The highest BCUT2D eigenvalue weighted by Crippen LogP contribution is 2.28. The van der Waals surface area contributed by atoms with Gasteiger partial charge in [-0.15, -0.1) is 22.7 Å². The Kier molecular flexibility index (Phi) is 5.04. The van der Waals surface area contributed by atoms with Gasteiger partial charge in [0.05, 0.1) is 37.3 Å². The number of hydrogen-bond donors (Lipinski definition) is 1. The minimum atomic E-state index is -0.269. The van der Waals surface area contributed by atoms with Crippen molar-refractivity contribution < 1.29 is 19.1 Å². The lowest BCUT2D eigenvalue weighted by Crippen LogP contribution is -2.10. The molecule has 6 nitrogen and oxygen atoms in total. The lowest BCUT2D eigenvalue weighted by Gasteiger charge is -2.10. The molecule has 3 heterocycles. The maximum Gasteiger partial charge on any atom is 0.305 e. The van der Waals surface area contributed by atoms with E-state index in [1.165, 1.54) is 34.7 Å². The smallest absolute Gasteiger partial charge is 0.305 e. The van der Waals surface area contributed by atoms with E-state index in [2.05, 4.69) is 15.0 Å². The number of methoxy groups -OCH3 is 1. The van der Waals surface area contributed by atoms with Gasteiger partial charge in [0, 0.05) is 23.1 Å². The third kappa shape index (κ3) is 3.95. The zero-order chi connectivity index (χ0) is 16.2. The highest BCUT2D eigenvalue weighted by molar-refractivity contribution is 7.15. The van der Waals surface area contributed by atoms with Gasteiger partial charge in [-0.2, -0.15) is 0 Å². The molecule has 23 heavy (non-hydrogen) atoms. The molecule has 0 aromatic carbocycles. The third-order valence-corrected chi connectivity index (χ3v) is 5.48. The molecule has 3 rings (SSSR count). The summed E-state index contributed by atoms with van der Waals surface area (Å²) in [6, 6.07) is 1.89. The van der Waals surface area contributed by atoms with Crippen molar-refractivity contribution in [2.75, 3.05) is 19.0 Å². The fourth-order valence-electron chi connectivity index (χ4n) is 2.23. The number of anilines is 1. The van der Waals surface area contributed by atoms with Gasteiger partial charge in [-0.3, -0.25) is 14.9 Å². The van der Waals surface area contributed by atoms with Gasteiger partial charge in [-0.05, 0) is 11.6 Å². The fourth-order valence-corrected chi connectivity index (χ4v) is 4.01. The van der Waals surface area contributed by atoms with Gasteiger partial charge in [0.1, 0.15) is 0 Å². The number of nitrogens with zero attached hydrogens (tertiary/aromatic N) is 1. The van der Waals surface area contributed by atoms with Gasteiger partial charge in [0.25, 0.3) is 5.91 Å². The van der Waals surface area contributed by atoms with Gasteiger partial charge < -0.3 is 9.47 Å². The summed E-state index contributed by atoms with van der Waals surface area (Å²) in [6.07, 6.45) is 1.65. The minimum absolute atomic E-state index is 0.154. The van der Waals surface area contributed by atoms with E-state index in [0.29, 0.717) is 29.6 Å². The molecule has 0 unspecified atom stereocenters. The van der Waals surface area contributed by atoms with Crippen LogP contribution in [0, 0.1) is 0 Å². The van der Waals surface area contributed by atoms with Crippen LogP contribution in [-0.2, 0) is 33.7 Å². The van der Waals surface area contributed by atoms with E-state index in [1.54, 1.807) is 0 Å². The molecule has 1 aliphatic heterocycles. The average molecular weight is 352 g/mol. The maximum absolute atomic E-state index is 12.3. The van der Waals surface area contributed by atoms with Gasteiger partial charge in [-0.25, -0.2) is 4.98 Å². The molecule has 0 spiro atoms. The number of carbonyl (C=O) groups is 2. The van der Waals surface area contributed by atoms with Crippen LogP contribution < -0.4 is 5.32 Å². The van der Waals surface area contributed by atoms with E-state index >= 15 is 0 Å². The lowest BCUT2D eigenvalue weighted by atomic mass is 10.2. The van der Waals surface area contributed by atoms with Crippen molar-refractivity contribution in [3.63, 3.8) is 0 Å². The van der Waals surface area contributed by atoms with Crippen molar-refractivity contribution in [1.82, 2.24) is 4.98 Å². The summed E-state index contributed by atoms with van der Waals surface area (Å²) < 4.78 is 9.99. The van der Waals surface area contributed by atoms with Gasteiger partial charge in [-0.1, -0.05) is 0 Å². The molecule has 0 fully saturated rings. The predicted molar refractivity (Wildman–Crippen MR) is 88.1 cm³/mol. The normalized spacial score (nSPS) is 13.4. The van der Waals surface area contributed by atoms with E-state index in [-0.39, 0.29) is 18.3 Å². The van der Waals surface area contributed by atoms with Crippen LogP contribution in [0.1, 0.15) is 32.2 Å². The van der Waals surface area contributed by atoms with Crippen molar-refractivity contribution in [3.05, 3.63) is 32.5 Å². The molecule has 0 saturated heterocycles. The van der Waals surface area contributed by atoms with E-state index < -0.39 is 0 Å². The van der Waals surface area contributed by atoms with Gasteiger partial charge in [0.15, 0.2) is 5.13 Å². The van der Waals surface area contributed by atoms with E-state index in [1.807, 2.05) is 11.4 Å². The molecule has 1 aliphatic rings. The van der Waals surface area contributed by atoms with Crippen LogP contribution in [0.15, 0.2) is 11.4 Å². The van der Waals surface area contributed by atoms with Crippen molar-refractivity contribution in [2.24, 2.45) is 0 Å². The standard InChI is InChI=1S/C15H16N2O4S2/c1-20-13(18)3-2-10-8-22-15(16-10)17-14(19)12-6-9-7-21-5-4-11(9)23-12/h6,8H,2-5,7H2,1H3,(H,16,17,19). The number of fused-ring (bicyclic) bond motifs is 1. The Labute approximate surface area is 141 Å². The summed E-state index contributed by atoms with van der Waals surface area (Å²) in [7, 11) is 1.36. The Morgan fingerprint density at radius 3 is 3.13 bits per heavy atom. The minimum Gasteiger partial charge on any atom is -0.469 e. The molecule has 122 valence electrons. The number of nitrogens with one attached hydrogen (secondary N) is 1. The second-order valence-corrected chi connectivity index (χ2v) is 7.03. The third-order valence-electron chi connectivity index (χ3n) is 3.44. The van der Waals surface area contributed by atoms with Crippen LogP contribution in [0.25, 0.3) is 0 Å². The van der Waals surface area contributed by atoms with Crippen LogP contribution in [0.4, 0.5) is 5.13 Å². The van der Waals surface area contributed by atoms with Crippen LogP contribution in [0.3, 0.4) is 0 Å². The Balaban J connectivity index is 1.60. The topological polar surface area (TPSA) is 77.5 Å². The van der Waals surface area contributed by atoms with Crippen LogP contribution in [0.2, 0.25) is 0 Å². The lowest BCUT2D eigenvalue weighted by molar-refractivity contribution is -0.140. The summed E-state index contributed by atoms with van der Waals surface area (Å²) >= 11 is 2.86. The molecule has 2 aromatic rings. The number of amides is 1. The SMILES string of the molecule is COC(=O)CCc1csc(NC(=O)c2cc3c(s2)CCOC3)n1. The Bertz CT molecular complexity index is 699. The molecule has 0 radical (unpaired) electrons. The maximum atomic E-state index is 12.3. The molecular weight excluding hydrogens is 336 g/mol. The van der Waals surface area contributed by atoms with Crippen molar-refractivity contribution in [1.29, 1.82) is 0 Å². The van der Waals surface area contributed by atoms with Crippen LogP contribution in [0.5, 0.6) is 0 Å². The number of esters is 1. The molecule has 2 aromatic heterocycles. The number of thiophene rings is 1. The summed E-state index contributed by atoms with van der Waals surface area (Å²) in [5.74, 6) is -0.423. The van der Waals surface area contributed by atoms with Gasteiger partial charge >= 0.3 is 5.97 Å². The molecule has 1 N–H and O–H groups in total. The van der Waals surface area contributed by atoms with Crippen molar-refractivity contribution >= 4 is 39.7 Å². The zero-order valence-electron chi connectivity index (χ0n) is 12.6. The first-order valence-electron chi connectivity index (χ1n) is 7.17. The largest absolute Gasteiger partial charge is 0.469 e. The predicted octanol–water partition coefficient (Wildman–Crippen LogP) is 2.64. The summed E-state index contributed by atoms with van der Waals surface area (Å²) in [4.78, 5) is 29.6. The Hall–Kier alpha value is -1.77. The van der Waals surface area contributed by atoms with Gasteiger partial charge in [0.2, 0.25) is 0 Å². The number of hydrogen-bond acceptors (Lipinski definition) is 7. The van der Waals surface area contributed by atoms with E-state index in [9.17, 15) is 9.59 Å². The number of rotatable bonds is 5. The Morgan fingerprint density at radius 1 is 1.48 bits per heavy atom. The molecular formula is C15H16N2O4S2. The molecule has 0 aliphatic carbocycles. The number of carbonyl (C=O) groups excluding carboxylic acids is 2. The highest BCUT2D eigenvalue weighted by atomic mass is 32.1.